The van der Waals surface area contributed by atoms with Crippen LogP contribution >= 0.6 is 0 Å². The molecule has 0 aliphatic carbocycles. The van der Waals surface area contributed by atoms with E-state index in [2.05, 4.69) is 0 Å². The zero-order chi connectivity index (χ0) is 16.0. The van der Waals surface area contributed by atoms with E-state index < -0.39 is 11.7 Å². The second-order valence-corrected chi connectivity index (χ2v) is 5.49. The van der Waals surface area contributed by atoms with E-state index in [0.29, 0.717) is 24.5 Å². The molecule has 3 nitrogen and oxygen atoms in total. The van der Waals surface area contributed by atoms with Gasteiger partial charge in [-0.15, -0.1) is 0 Å². The van der Waals surface area contributed by atoms with Crippen LogP contribution in [0, 0.1) is 0 Å². The van der Waals surface area contributed by atoms with Gasteiger partial charge in [0.1, 0.15) is 5.56 Å². The lowest BCUT2D eigenvalue weighted by atomic mass is 10.0. The van der Waals surface area contributed by atoms with E-state index in [1.807, 2.05) is 12.1 Å². The van der Waals surface area contributed by atoms with Gasteiger partial charge in [0, 0.05) is 18.1 Å². The highest BCUT2D eigenvalue weighted by Gasteiger charge is 2.37. The van der Waals surface area contributed by atoms with Gasteiger partial charge in [0.05, 0.1) is 0 Å². The van der Waals surface area contributed by atoms with Crippen molar-refractivity contribution in [1.82, 2.24) is 0 Å². The summed E-state index contributed by atoms with van der Waals surface area (Å²) in [6.07, 6.45) is -1.99. The average molecular weight is 320 g/mol. The fraction of sp³-hybridized carbons (Fsp3) is 0.235. The second kappa shape index (κ2) is 5.01. The fourth-order valence-electron chi connectivity index (χ4n) is 2.96. The molecule has 4 rings (SSSR count). The van der Waals surface area contributed by atoms with E-state index in [4.69, 9.17) is 9.47 Å². The minimum absolute atomic E-state index is 0.170. The van der Waals surface area contributed by atoms with E-state index in [9.17, 15) is 13.2 Å². The summed E-state index contributed by atoms with van der Waals surface area (Å²) < 4.78 is 51.9. The summed E-state index contributed by atoms with van der Waals surface area (Å²) in [5.74, 6) is 1.33. The number of alkyl halides is 3. The molecule has 0 aromatic heterocycles. The van der Waals surface area contributed by atoms with Crippen molar-refractivity contribution < 1.29 is 27.2 Å². The van der Waals surface area contributed by atoms with Gasteiger partial charge in [-0.2, -0.15) is 17.7 Å². The summed E-state index contributed by atoms with van der Waals surface area (Å²) in [6.45, 7) is 0.665. The van der Waals surface area contributed by atoms with Crippen LogP contribution in [-0.2, 0) is 12.6 Å². The number of fused-ring (bicyclic) bond motifs is 2. The minimum Gasteiger partial charge on any atom is -0.454 e. The summed E-state index contributed by atoms with van der Waals surface area (Å²) >= 11 is 0. The Morgan fingerprint density at radius 1 is 1.00 bits per heavy atom. The predicted molar refractivity (Wildman–Crippen MR) is 77.7 cm³/mol. The molecular weight excluding hydrogens is 307 g/mol. The standard InChI is InChI=1S/C17H13F3NO2/c18-17(19,20)13-3-1-2-4-14(13)21-6-5-11-7-15-16(23-10-22-15)8-12(11)9-21/h1-4,7-9H,5-6,10H2/q+1. The van der Waals surface area contributed by atoms with Crippen LogP contribution in [0.2, 0.25) is 0 Å². The van der Waals surface area contributed by atoms with Gasteiger partial charge in [0.25, 0.3) is 0 Å². The molecule has 2 aliphatic heterocycles. The molecule has 0 saturated heterocycles. The van der Waals surface area contributed by atoms with E-state index in [1.54, 1.807) is 16.9 Å². The summed E-state index contributed by atoms with van der Waals surface area (Å²) in [7, 11) is 0. The van der Waals surface area contributed by atoms with Crippen LogP contribution < -0.4 is 9.47 Å². The van der Waals surface area contributed by atoms with Gasteiger partial charge in [-0.3, -0.25) is 0 Å². The van der Waals surface area contributed by atoms with Crippen LogP contribution in [0.15, 0.2) is 36.4 Å². The van der Waals surface area contributed by atoms with Crippen molar-refractivity contribution >= 4 is 11.9 Å². The summed E-state index contributed by atoms with van der Waals surface area (Å²) in [4.78, 5) is 0. The molecule has 2 aliphatic rings. The Kier molecular flexibility index (Phi) is 3.07. The predicted octanol–water partition coefficient (Wildman–Crippen LogP) is 3.75. The van der Waals surface area contributed by atoms with Crippen LogP contribution in [0.3, 0.4) is 0 Å². The smallest absolute Gasteiger partial charge is 0.422 e. The molecular formula is C17H13F3NO2+. The summed E-state index contributed by atoms with van der Waals surface area (Å²) in [6, 6.07) is 9.35. The maximum atomic E-state index is 13.2. The molecule has 0 unspecified atom stereocenters. The van der Waals surface area contributed by atoms with Gasteiger partial charge >= 0.3 is 6.18 Å². The van der Waals surface area contributed by atoms with Crippen molar-refractivity contribution in [2.24, 2.45) is 0 Å². The molecule has 23 heavy (non-hydrogen) atoms. The average Bonchev–Trinajstić information content (AvgIpc) is 2.98. The van der Waals surface area contributed by atoms with Crippen LogP contribution in [0.4, 0.5) is 18.9 Å². The third-order valence-electron chi connectivity index (χ3n) is 4.07. The van der Waals surface area contributed by atoms with Gasteiger partial charge < -0.3 is 9.47 Å². The molecule has 118 valence electrons. The molecule has 0 fully saturated rings. The third-order valence-corrected chi connectivity index (χ3v) is 4.07. The van der Waals surface area contributed by atoms with Gasteiger partial charge in [0.2, 0.25) is 12.5 Å². The van der Waals surface area contributed by atoms with Crippen molar-refractivity contribution in [3.8, 4) is 11.5 Å². The Bertz CT molecular complexity index is 812. The highest BCUT2D eigenvalue weighted by molar-refractivity contribution is 5.81. The fourth-order valence-corrected chi connectivity index (χ4v) is 2.96. The number of benzene rings is 2. The topological polar surface area (TPSA) is 21.5 Å². The van der Waals surface area contributed by atoms with E-state index in [0.717, 1.165) is 17.2 Å². The van der Waals surface area contributed by atoms with Gasteiger partial charge in [-0.05, 0) is 23.8 Å². The summed E-state index contributed by atoms with van der Waals surface area (Å²) in [5.41, 5.74) is 1.45. The highest BCUT2D eigenvalue weighted by Crippen LogP contribution is 2.38. The normalized spacial score (nSPS) is 16.0. The third kappa shape index (κ3) is 2.44. The quantitative estimate of drug-likeness (QED) is 0.746. The minimum atomic E-state index is -4.38. The lowest BCUT2D eigenvalue weighted by molar-refractivity contribution is -0.438. The van der Waals surface area contributed by atoms with E-state index in [-0.39, 0.29) is 12.5 Å². The highest BCUT2D eigenvalue weighted by atomic mass is 19.4. The molecule has 2 aromatic carbocycles. The second-order valence-electron chi connectivity index (χ2n) is 5.49. The van der Waals surface area contributed by atoms with Crippen LogP contribution in [-0.4, -0.2) is 24.1 Å². The Morgan fingerprint density at radius 3 is 2.52 bits per heavy atom. The lowest BCUT2D eigenvalue weighted by Gasteiger charge is -2.15. The lowest BCUT2D eigenvalue weighted by Crippen LogP contribution is -2.21. The molecule has 6 heteroatoms. The number of ether oxygens (including phenoxy) is 2. The Morgan fingerprint density at radius 2 is 1.74 bits per heavy atom. The molecule has 0 amide bonds. The first-order valence-electron chi connectivity index (χ1n) is 7.22. The van der Waals surface area contributed by atoms with Gasteiger partial charge in [-0.25, -0.2) is 0 Å². The van der Waals surface area contributed by atoms with Crippen molar-refractivity contribution in [3.63, 3.8) is 0 Å². The van der Waals surface area contributed by atoms with Crippen molar-refractivity contribution in [2.45, 2.75) is 12.6 Å². The molecule has 0 atom stereocenters. The first-order valence-corrected chi connectivity index (χ1v) is 7.22. The molecule has 0 N–H and O–H groups in total. The Hall–Kier alpha value is -2.50. The van der Waals surface area contributed by atoms with Crippen LogP contribution in [0.1, 0.15) is 16.7 Å². The first-order chi connectivity index (χ1) is 11.0. The Labute approximate surface area is 130 Å². The molecule has 0 saturated carbocycles. The van der Waals surface area contributed by atoms with Gasteiger partial charge in [-0.1, -0.05) is 12.1 Å². The molecule has 2 heterocycles. The molecule has 2 aromatic rings. The first kappa shape index (κ1) is 14.1. The van der Waals surface area contributed by atoms with Crippen molar-refractivity contribution in [3.05, 3.63) is 53.1 Å². The largest absolute Gasteiger partial charge is 0.454 e. The van der Waals surface area contributed by atoms with E-state index >= 15 is 0 Å². The summed E-state index contributed by atoms with van der Waals surface area (Å²) in [5, 5.41) is 0. The van der Waals surface area contributed by atoms with Crippen molar-refractivity contribution in [2.75, 3.05) is 13.3 Å². The number of hydrogen-bond donors (Lipinski definition) is 0. The number of hydrogen-bond acceptors (Lipinski definition) is 2. The SMILES string of the molecule is FC(F)(F)c1ccccc1[N+]1=Cc2cc3c(cc2CC1)OCO3. The number of rotatable bonds is 1. The van der Waals surface area contributed by atoms with Gasteiger partial charge in [0.15, 0.2) is 24.3 Å². The van der Waals surface area contributed by atoms with Crippen LogP contribution in [0.5, 0.6) is 11.5 Å². The zero-order valence-corrected chi connectivity index (χ0v) is 12.1. The maximum absolute atomic E-state index is 13.2. The zero-order valence-electron chi connectivity index (χ0n) is 12.1. The van der Waals surface area contributed by atoms with Crippen molar-refractivity contribution in [1.29, 1.82) is 0 Å². The van der Waals surface area contributed by atoms with E-state index in [1.165, 1.54) is 12.1 Å². The number of nitrogens with zero attached hydrogens (tertiary/aromatic N) is 1. The molecule has 0 bridgehead atoms. The maximum Gasteiger partial charge on any atom is 0.422 e. The number of para-hydroxylation sites is 1. The Balaban J connectivity index is 1.80. The van der Waals surface area contributed by atoms with Crippen LogP contribution in [0.25, 0.3) is 0 Å². The number of halogens is 3. The molecule has 0 radical (unpaired) electrons. The molecule has 0 spiro atoms. The monoisotopic (exact) mass is 320 g/mol.